The van der Waals surface area contributed by atoms with E-state index in [1.165, 1.54) is 7.11 Å². The average Bonchev–Trinajstić information content (AvgIpc) is 2.25. The highest BCUT2D eigenvalue weighted by atomic mass is 31.1. The number of benzene rings is 1. The predicted octanol–water partition coefficient (Wildman–Crippen LogP) is 3.47. The van der Waals surface area contributed by atoms with Crippen LogP contribution in [0.15, 0.2) is 12.1 Å². The molecule has 0 radical (unpaired) electrons. The van der Waals surface area contributed by atoms with Gasteiger partial charge in [-0.05, 0) is 31.0 Å². The number of hydrogen-bond acceptors (Lipinski definition) is 4. The van der Waals surface area contributed by atoms with Crippen LogP contribution in [0.2, 0.25) is 0 Å². The van der Waals surface area contributed by atoms with E-state index in [9.17, 15) is 9.36 Å². The molecule has 0 aliphatic heterocycles. The molecule has 112 valence electrons. The normalized spacial score (nSPS) is 13.1. The second kappa shape index (κ2) is 6.42. The summed E-state index contributed by atoms with van der Waals surface area (Å²) >= 11 is 0. The van der Waals surface area contributed by atoms with E-state index in [-0.39, 0.29) is 6.42 Å². The van der Waals surface area contributed by atoms with Crippen LogP contribution in [0.4, 0.5) is 0 Å². The van der Waals surface area contributed by atoms with Crippen molar-refractivity contribution in [2.24, 2.45) is 0 Å². The number of aryl methyl sites for hydroxylation is 2. The second-order valence-corrected chi connectivity index (χ2v) is 6.58. The Kier molecular flexibility index (Phi) is 5.37. The number of carboxylic acid groups (broad SMARTS) is 1. The summed E-state index contributed by atoms with van der Waals surface area (Å²) in [6, 6.07) is 3.71. The number of carboxylic acids is 1. The highest BCUT2D eigenvalue weighted by Crippen LogP contribution is 2.41. The lowest BCUT2D eigenvalue weighted by molar-refractivity contribution is -0.138. The molecule has 1 atom stereocenters. The van der Waals surface area contributed by atoms with Gasteiger partial charge in [-0.25, -0.2) is 4.57 Å². The molecule has 6 heteroatoms. The van der Waals surface area contributed by atoms with Crippen molar-refractivity contribution in [2.75, 3.05) is 7.11 Å². The Balaban J connectivity index is 3.35. The summed E-state index contributed by atoms with van der Waals surface area (Å²) in [5, 5.41) is 9.05. The highest BCUT2D eigenvalue weighted by Gasteiger charge is 2.30. The topological polar surface area (TPSA) is 72.8 Å². The quantitative estimate of drug-likeness (QED) is 0.814. The largest absolute Gasteiger partial charge is 0.481 e. The monoisotopic (exact) mass is 300 g/mol. The van der Waals surface area contributed by atoms with E-state index in [4.69, 9.17) is 14.2 Å². The van der Waals surface area contributed by atoms with E-state index in [2.05, 4.69) is 0 Å². The van der Waals surface area contributed by atoms with Gasteiger partial charge >= 0.3 is 14.2 Å². The van der Waals surface area contributed by atoms with Crippen LogP contribution in [0.25, 0.3) is 0 Å². The van der Waals surface area contributed by atoms with E-state index >= 15 is 0 Å². The van der Waals surface area contributed by atoms with Crippen molar-refractivity contribution in [1.82, 2.24) is 0 Å². The molecule has 20 heavy (non-hydrogen) atoms. The van der Waals surface area contributed by atoms with Crippen LogP contribution < -0.4 is 4.52 Å². The standard InChI is InChI=1S/C14H21O5P/c1-9-6-10(2)13(14(3,4)8-12(15)16)11(7-9)19-20(17)18-5/h6-7,20H,8H2,1-5H3,(H,15,16). The minimum Gasteiger partial charge on any atom is -0.481 e. The maximum Gasteiger partial charge on any atom is 0.367 e. The van der Waals surface area contributed by atoms with Gasteiger partial charge in [0.25, 0.3) is 0 Å². The number of hydrogen-bond donors (Lipinski definition) is 1. The lowest BCUT2D eigenvalue weighted by Gasteiger charge is -2.28. The fourth-order valence-corrected chi connectivity index (χ4v) is 2.90. The fourth-order valence-electron chi connectivity index (χ4n) is 2.47. The summed E-state index contributed by atoms with van der Waals surface area (Å²) < 4.78 is 21.6. The van der Waals surface area contributed by atoms with Crippen LogP contribution in [0, 0.1) is 13.8 Å². The molecule has 0 saturated carbocycles. The van der Waals surface area contributed by atoms with Gasteiger partial charge in [-0.2, -0.15) is 0 Å². The van der Waals surface area contributed by atoms with Crippen molar-refractivity contribution in [2.45, 2.75) is 39.5 Å². The maximum absolute atomic E-state index is 11.5. The van der Waals surface area contributed by atoms with Gasteiger partial charge in [0.2, 0.25) is 0 Å². The smallest absolute Gasteiger partial charge is 0.367 e. The van der Waals surface area contributed by atoms with Crippen LogP contribution in [0.5, 0.6) is 5.75 Å². The summed E-state index contributed by atoms with van der Waals surface area (Å²) in [6.07, 6.45) is -0.0405. The molecule has 1 rings (SSSR count). The second-order valence-electron chi connectivity index (χ2n) is 5.47. The molecule has 0 saturated heterocycles. The SMILES string of the molecule is CO[PH](=O)Oc1cc(C)cc(C)c1C(C)(C)CC(=O)O. The van der Waals surface area contributed by atoms with Gasteiger partial charge in [-0.15, -0.1) is 0 Å². The molecule has 0 aromatic heterocycles. The van der Waals surface area contributed by atoms with Crippen molar-refractivity contribution >= 4 is 14.2 Å². The molecule has 5 nitrogen and oxygen atoms in total. The van der Waals surface area contributed by atoms with Crippen LogP contribution in [-0.2, 0) is 19.3 Å². The first-order valence-electron chi connectivity index (χ1n) is 6.26. The summed E-state index contributed by atoms with van der Waals surface area (Å²) in [7, 11) is -1.31. The molecule has 1 unspecified atom stereocenters. The van der Waals surface area contributed by atoms with Gasteiger partial charge < -0.3 is 14.2 Å². The van der Waals surface area contributed by atoms with E-state index in [0.717, 1.165) is 16.7 Å². The van der Waals surface area contributed by atoms with Crippen molar-refractivity contribution in [3.8, 4) is 5.75 Å². The molecule has 1 N–H and O–H groups in total. The van der Waals surface area contributed by atoms with Crippen molar-refractivity contribution in [3.63, 3.8) is 0 Å². The zero-order valence-corrected chi connectivity index (χ0v) is 13.4. The van der Waals surface area contributed by atoms with Gasteiger partial charge in [0.1, 0.15) is 5.75 Å². The zero-order chi connectivity index (χ0) is 15.5. The molecular weight excluding hydrogens is 279 g/mol. The minimum absolute atomic E-state index is 0.0405. The van der Waals surface area contributed by atoms with E-state index in [0.29, 0.717) is 5.75 Å². The van der Waals surface area contributed by atoms with Crippen LogP contribution in [0.1, 0.15) is 37.0 Å². The van der Waals surface area contributed by atoms with Gasteiger partial charge in [-0.3, -0.25) is 4.79 Å². The average molecular weight is 300 g/mol. The molecule has 1 aromatic carbocycles. The molecule has 0 heterocycles. The summed E-state index contributed by atoms with van der Waals surface area (Å²) in [6.45, 7) is 7.45. The van der Waals surface area contributed by atoms with Crippen LogP contribution >= 0.6 is 8.25 Å². The van der Waals surface area contributed by atoms with E-state index < -0.39 is 19.6 Å². The summed E-state index contributed by atoms with van der Waals surface area (Å²) in [5.41, 5.74) is 1.99. The minimum atomic E-state index is -2.62. The van der Waals surface area contributed by atoms with Gasteiger partial charge in [0.15, 0.2) is 0 Å². The lowest BCUT2D eigenvalue weighted by atomic mass is 9.78. The van der Waals surface area contributed by atoms with Gasteiger partial charge in [0, 0.05) is 18.1 Å². The van der Waals surface area contributed by atoms with Crippen LogP contribution in [-0.4, -0.2) is 18.2 Å². The summed E-state index contributed by atoms with van der Waals surface area (Å²) in [4.78, 5) is 11.0. The van der Waals surface area contributed by atoms with Crippen molar-refractivity contribution < 1.29 is 23.5 Å². The Bertz CT molecular complexity index is 537. The first kappa shape index (κ1) is 16.7. The molecule has 0 amide bonds. The highest BCUT2D eigenvalue weighted by molar-refractivity contribution is 7.33. The number of rotatable bonds is 6. The van der Waals surface area contributed by atoms with Crippen LogP contribution in [0.3, 0.4) is 0 Å². The fraction of sp³-hybridized carbons (Fsp3) is 0.500. The third kappa shape index (κ3) is 4.09. The number of aliphatic carboxylic acids is 1. The third-order valence-electron chi connectivity index (χ3n) is 3.07. The maximum atomic E-state index is 11.5. The molecule has 0 aliphatic rings. The van der Waals surface area contributed by atoms with Gasteiger partial charge in [-0.1, -0.05) is 19.9 Å². The molecule has 1 aromatic rings. The Morgan fingerprint density at radius 1 is 1.35 bits per heavy atom. The first-order chi connectivity index (χ1) is 9.17. The van der Waals surface area contributed by atoms with Gasteiger partial charge in [0.05, 0.1) is 6.42 Å². The van der Waals surface area contributed by atoms with Crippen molar-refractivity contribution in [1.29, 1.82) is 0 Å². The summed E-state index contributed by atoms with van der Waals surface area (Å²) in [5.74, 6) is -0.459. The molecule has 0 fully saturated rings. The first-order valence-corrected chi connectivity index (χ1v) is 7.49. The van der Waals surface area contributed by atoms with E-state index in [1.807, 2.05) is 33.8 Å². The predicted molar refractivity (Wildman–Crippen MR) is 77.8 cm³/mol. The third-order valence-corrected chi connectivity index (χ3v) is 3.79. The zero-order valence-electron chi connectivity index (χ0n) is 12.4. The number of carbonyl (C=O) groups is 1. The Morgan fingerprint density at radius 2 is 1.95 bits per heavy atom. The Labute approximate surface area is 119 Å². The molecule has 0 aliphatic carbocycles. The molecule has 0 spiro atoms. The van der Waals surface area contributed by atoms with E-state index in [1.54, 1.807) is 6.07 Å². The lowest BCUT2D eigenvalue weighted by Crippen LogP contribution is -2.23. The Morgan fingerprint density at radius 3 is 2.45 bits per heavy atom. The van der Waals surface area contributed by atoms with Crippen molar-refractivity contribution in [3.05, 3.63) is 28.8 Å². The molecular formula is C14H21O5P. The molecule has 0 bridgehead atoms. The Hall–Kier alpha value is -1.32.